The molecule has 0 radical (unpaired) electrons. The zero-order valence-electron chi connectivity index (χ0n) is 8.03. The van der Waals surface area contributed by atoms with E-state index in [0.717, 1.165) is 25.1 Å². The Hall–Kier alpha value is -0.600. The molecule has 0 saturated carbocycles. The predicted molar refractivity (Wildman–Crippen MR) is 54.9 cm³/mol. The molecule has 2 nitrogen and oxygen atoms in total. The maximum atomic E-state index is 3.89. The van der Waals surface area contributed by atoms with Crippen LogP contribution in [0.1, 0.15) is 26.2 Å². The van der Waals surface area contributed by atoms with Crippen LogP contribution in [0.15, 0.2) is 24.8 Å². The second kappa shape index (κ2) is 8.50. The van der Waals surface area contributed by atoms with Crippen molar-refractivity contribution in [1.82, 2.24) is 10.9 Å². The molecule has 0 saturated heterocycles. The van der Waals surface area contributed by atoms with Crippen molar-refractivity contribution < 1.29 is 0 Å². The van der Waals surface area contributed by atoms with Crippen LogP contribution in [0.5, 0.6) is 0 Å². The summed E-state index contributed by atoms with van der Waals surface area (Å²) in [7, 11) is 0. The summed E-state index contributed by atoms with van der Waals surface area (Å²) in [5, 5.41) is 0. The maximum Gasteiger partial charge on any atom is 0.0310 e. The van der Waals surface area contributed by atoms with Crippen LogP contribution < -0.4 is 10.9 Å². The number of nitrogens with one attached hydrogen (secondary N) is 2. The summed E-state index contributed by atoms with van der Waals surface area (Å²) in [6.07, 6.45) is 5.20. The molecule has 70 valence electrons. The molecule has 0 aromatic carbocycles. The average molecular weight is 168 g/mol. The van der Waals surface area contributed by atoms with E-state index in [-0.39, 0.29) is 0 Å². The van der Waals surface area contributed by atoms with Crippen LogP contribution in [0, 0.1) is 0 Å². The van der Waals surface area contributed by atoms with E-state index in [1.54, 1.807) is 0 Å². The van der Waals surface area contributed by atoms with E-state index in [9.17, 15) is 0 Å². The van der Waals surface area contributed by atoms with Gasteiger partial charge in [-0.25, -0.2) is 0 Å². The summed E-state index contributed by atoms with van der Waals surface area (Å²) in [4.78, 5) is 0. The normalized spacial score (nSPS) is 9.75. The minimum atomic E-state index is 0.829. The molecule has 0 fully saturated rings. The Bertz CT molecular complexity index is 130. The highest BCUT2D eigenvalue weighted by Gasteiger charge is 1.89. The van der Waals surface area contributed by atoms with Crippen LogP contribution in [0.25, 0.3) is 0 Å². The van der Waals surface area contributed by atoms with E-state index in [4.69, 9.17) is 0 Å². The number of unbranched alkanes of at least 4 members (excludes halogenated alkanes) is 1. The Morgan fingerprint density at radius 2 is 2.17 bits per heavy atom. The van der Waals surface area contributed by atoms with Gasteiger partial charge in [0.25, 0.3) is 0 Å². The highest BCUT2D eigenvalue weighted by atomic mass is 15.3. The van der Waals surface area contributed by atoms with Gasteiger partial charge in [-0.2, -0.15) is 0 Å². The molecule has 0 rings (SSSR count). The molecule has 0 atom stereocenters. The fourth-order valence-corrected chi connectivity index (χ4v) is 0.817. The molecule has 2 N–H and O–H groups in total. The minimum Gasteiger partial charge on any atom is -0.258 e. The standard InChI is InChI=1S/C10H20N2/c1-4-6-8-11-12-9-10(3)7-5-2/h5,11-12H,2-4,6-9H2,1H3. The largest absolute Gasteiger partial charge is 0.258 e. The zero-order valence-corrected chi connectivity index (χ0v) is 8.03. The number of hydrogen-bond donors (Lipinski definition) is 2. The van der Waals surface area contributed by atoms with E-state index in [1.807, 2.05) is 6.08 Å². The summed E-state index contributed by atoms with van der Waals surface area (Å²) in [6, 6.07) is 0. The Labute approximate surface area is 75.7 Å². The first-order valence-corrected chi connectivity index (χ1v) is 4.54. The SMILES string of the molecule is C=CCC(=C)CNNCCCC. The average Bonchev–Trinajstić information content (AvgIpc) is 2.05. The highest BCUT2D eigenvalue weighted by Crippen LogP contribution is 1.94. The summed E-state index contributed by atoms with van der Waals surface area (Å²) in [5.74, 6) is 0. The summed E-state index contributed by atoms with van der Waals surface area (Å²) >= 11 is 0. The molecule has 0 heterocycles. The third-order valence-corrected chi connectivity index (χ3v) is 1.55. The first-order valence-electron chi connectivity index (χ1n) is 4.54. The van der Waals surface area contributed by atoms with Crippen LogP contribution in [-0.2, 0) is 0 Å². The summed E-state index contributed by atoms with van der Waals surface area (Å²) in [5.41, 5.74) is 7.40. The first kappa shape index (κ1) is 11.4. The third-order valence-electron chi connectivity index (χ3n) is 1.55. The molecule has 0 spiro atoms. The summed E-state index contributed by atoms with van der Waals surface area (Å²) in [6.45, 7) is 11.6. The second-order valence-corrected chi connectivity index (χ2v) is 2.88. The lowest BCUT2D eigenvalue weighted by Crippen LogP contribution is -2.33. The molecule has 0 aliphatic heterocycles. The molecular formula is C10H20N2. The van der Waals surface area contributed by atoms with Gasteiger partial charge in [0.05, 0.1) is 0 Å². The van der Waals surface area contributed by atoms with Crippen molar-refractivity contribution in [1.29, 1.82) is 0 Å². The van der Waals surface area contributed by atoms with E-state index in [1.165, 1.54) is 12.8 Å². The monoisotopic (exact) mass is 168 g/mol. The Morgan fingerprint density at radius 1 is 1.42 bits per heavy atom. The minimum absolute atomic E-state index is 0.829. The second-order valence-electron chi connectivity index (χ2n) is 2.88. The van der Waals surface area contributed by atoms with Crippen LogP contribution in [0.2, 0.25) is 0 Å². The van der Waals surface area contributed by atoms with Gasteiger partial charge in [0.2, 0.25) is 0 Å². The van der Waals surface area contributed by atoms with Gasteiger partial charge >= 0.3 is 0 Å². The van der Waals surface area contributed by atoms with Crippen molar-refractivity contribution in [3.05, 3.63) is 24.8 Å². The van der Waals surface area contributed by atoms with Crippen LogP contribution >= 0.6 is 0 Å². The molecule has 0 bridgehead atoms. The lowest BCUT2D eigenvalue weighted by atomic mass is 10.2. The lowest BCUT2D eigenvalue weighted by molar-refractivity contribution is 0.539. The number of hydrazine groups is 1. The van der Waals surface area contributed by atoms with Gasteiger partial charge in [-0.05, 0) is 12.8 Å². The van der Waals surface area contributed by atoms with Crippen molar-refractivity contribution in [3.63, 3.8) is 0 Å². The van der Waals surface area contributed by atoms with E-state index >= 15 is 0 Å². The lowest BCUT2D eigenvalue weighted by Gasteiger charge is -2.06. The van der Waals surface area contributed by atoms with Gasteiger partial charge in [-0.15, -0.1) is 6.58 Å². The molecule has 12 heavy (non-hydrogen) atoms. The third kappa shape index (κ3) is 7.51. The number of rotatable bonds is 8. The first-order chi connectivity index (χ1) is 5.81. The van der Waals surface area contributed by atoms with Gasteiger partial charge in [-0.3, -0.25) is 10.9 Å². The molecule has 0 unspecified atom stereocenters. The summed E-state index contributed by atoms with van der Waals surface area (Å²) < 4.78 is 0. The Kier molecular flexibility index (Phi) is 8.07. The molecule has 0 aromatic rings. The van der Waals surface area contributed by atoms with Gasteiger partial charge in [0.15, 0.2) is 0 Å². The van der Waals surface area contributed by atoms with Crippen molar-refractivity contribution in [2.75, 3.05) is 13.1 Å². The Morgan fingerprint density at radius 3 is 2.75 bits per heavy atom. The van der Waals surface area contributed by atoms with Crippen LogP contribution in [0.3, 0.4) is 0 Å². The van der Waals surface area contributed by atoms with Gasteiger partial charge in [0, 0.05) is 13.1 Å². The predicted octanol–water partition coefficient (Wildman–Crippen LogP) is 2.01. The number of hydrogen-bond acceptors (Lipinski definition) is 2. The van der Waals surface area contributed by atoms with Gasteiger partial charge in [-0.1, -0.05) is 31.6 Å². The molecule has 0 amide bonds. The molecule has 0 aliphatic rings. The topological polar surface area (TPSA) is 24.1 Å². The molecule has 0 aromatic heterocycles. The fraction of sp³-hybridized carbons (Fsp3) is 0.600. The maximum absolute atomic E-state index is 3.89. The molecule has 0 aliphatic carbocycles. The highest BCUT2D eigenvalue weighted by molar-refractivity contribution is 5.01. The molecular weight excluding hydrogens is 148 g/mol. The zero-order chi connectivity index (χ0) is 9.23. The van der Waals surface area contributed by atoms with E-state index < -0.39 is 0 Å². The van der Waals surface area contributed by atoms with Crippen LogP contribution in [0.4, 0.5) is 0 Å². The quantitative estimate of drug-likeness (QED) is 0.329. The Balaban J connectivity index is 3.08. The van der Waals surface area contributed by atoms with Gasteiger partial charge in [0.1, 0.15) is 0 Å². The van der Waals surface area contributed by atoms with Crippen molar-refractivity contribution in [2.24, 2.45) is 0 Å². The van der Waals surface area contributed by atoms with Crippen molar-refractivity contribution in [3.8, 4) is 0 Å². The van der Waals surface area contributed by atoms with E-state index in [0.29, 0.717) is 0 Å². The van der Waals surface area contributed by atoms with Crippen molar-refractivity contribution in [2.45, 2.75) is 26.2 Å². The van der Waals surface area contributed by atoms with E-state index in [2.05, 4.69) is 30.9 Å². The van der Waals surface area contributed by atoms with Crippen LogP contribution in [-0.4, -0.2) is 13.1 Å². The molecule has 2 heteroatoms. The van der Waals surface area contributed by atoms with Gasteiger partial charge < -0.3 is 0 Å². The van der Waals surface area contributed by atoms with Crippen molar-refractivity contribution >= 4 is 0 Å². The number of allylic oxidation sites excluding steroid dienone is 1. The smallest absolute Gasteiger partial charge is 0.0310 e. The fourth-order valence-electron chi connectivity index (χ4n) is 0.817.